The van der Waals surface area contributed by atoms with E-state index >= 15 is 0 Å². The van der Waals surface area contributed by atoms with Gasteiger partial charge in [0.05, 0.1) is 0 Å². The van der Waals surface area contributed by atoms with Crippen LogP contribution in [0, 0.1) is 0 Å². The fourth-order valence-electron chi connectivity index (χ4n) is 8.81. The molecule has 0 amide bonds. The molecule has 0 saturated heterocycles. The largest absolute Gasteiger partial charge is 0.379 e. The second kappa shape index (κ2) is 23.9. The highest BCUT2D eigenvalue weighted by molar-refractivity contribution is 5.81. The predicted octanol–water partition coefficient (Wildman–Crippen LogP) is 19.0. The molecule has 1 aliphatic carbocycles. The first-order valence-electron chi connectivity index (χ1n) is 24.6. The topological polar surface area (TPSA) is 21.8 Å². The van der Waals surface area contributed by atoms with Crippen molar-refractivity contribution in [2.24, 2.45) is 0 Å². The average Bonchev–Trinajstić information content (AvgIpc) is 3.44. The maximum atomic E-state index is 3.51. The van der Waals surface area contributed by atoms with E-state index in [1.54, 1.807) is 0 Å². The fourth-order valence-corrected chi connectivity index (χ4v) is 8.81. The van der Waals surface area contributed by atoms with Gasteiger partial charge in [-0.05, 0) is 164 Å². The van der Waals surface area contributed by atoms with Crippen LogP contribution in [0.4, 0.5) is 51.2 Å². The van der Waals surface area contributed by atoms with Gasteiger partial charge >= 0.3 is 0 Å². The summed E-state index contributed by atoms with van der Waals surface area (Å²) in [7, 11) is 0. The smallest absolute Gasteiger partial charge is 0.0463 e. The van der Waals surface area contributed by atoms with E-state index in [9.17, 15) is 0 Å². The molecule has 0 heterocycles. The first kappa shape index (κ1) is 47.2. The lowest BCUT2D eigenvalue weighted by Gasteiger charge is -2.29. The first-order chi connectivity index (χ1) is 35.1. The summed E-state index contributed by atoms with van der Waals surface area (Å²) in [5, 5.41) is 3.51. The van der Waals surface area contributed by atoms with Crippen LogP contribution in [0.2, 0.25) is 0 Å². The second-order valence-electron chi connectivity index (χ2n) is 17.4. The third-order valence-electron chi connectivity index (χ3n) is 12.3. The number of rotatable bonds is 15. The molecule has 1 atom stereocenters. The Labute approximate surface area is 421 Å². The monoisotopic (exact) mass is 920 g/mol. The van der Waals surface area contributed by atoms with E-state index in [-0.39, 0.29) is 6.04 Å². The second-order valence-corrected chi connectivity index (χ2v) is 17.4. The van der Waals surface area contributed by atoms with Gasteiger partial charge in [-0.25, -0.2) is 0 Å². The molecular formula is C67H60N4. The van der Waals surface area contributed by atoms with Gasteiger partial charge in [0.1, 0.15) is 0 Å². The molecule has 9 aromatic carbocycles. The number of hydrogen-bond donors (Lipinski definition) is 1. The molecule has 0 radical (unpaired) electrons. The Balaban J connectivity index is 0.000000198. The van der Waals surface area contributed by atoms with Gasteiger partial charge in [0.25, 0.3) is 0 Å². The molecule has 0 aromatic heterocycles. The summed E-state index contributed by atoms with van der Waals surface area (Å²) in [5.41, 5.74) is 16.3. The number of anilines is 9. The summed E-state index contributed by atoms with van der Waals surface area (Å²) in [6.07, 6.45) is 17.3. The summed E-state index contributed by atoms with van der Waals surface area (Å²) in [6.45, 7) is 4.17. The van der Waals surface area contributed by atoms with Gasteiger partial charge in [-0.1, -0.05) is 176 Å². The number of para-hydroxylation sites is 4. The molecule has 0 saturated carbocycles. The molecule has 1 aliphatic rings. The van der Waals surface area contributed by atoms with Crippen LogP contribution in [0.3, 0.4) is 0 Å². The van der Waals surface area contributed by atoms with Crippen LogP contribution in [0.25, 0.3) is 22.3 Å². The highest BCUT2D eigenvalue weighted by atomic mass is 15.2. The molecule has 0 spiro atoms. The van der Waals surface area contributed by atoms with Crippen LogP contribution >= 0.6 is 0 Å². The molecule has 0 aliphatic heterocycles. The highest BCUT2D eigenvalue weighted by Crippen LogP contribution is 2.39. The highest BCUT2D eigenvalue weighted by Gasteiger charge is 2.17. The minimum atomic E-state index is 0.270. The Hall–Kier alpha value is -8.86. The number of benzene rings is 9. The van der Waals surface area contributed by atoms with Crippen molar-refractivity contribution in [1.29, 1.82) is 0 Å². The lowest BCUT2D eigenvalue weighted by molar-refractivity contribution is 0.997. The maximum absolute atomic E-state index is 3.51. The Morgan fingerprint density at radius 2 is 0.704 bits per heavy atom. The zero-order valence-corrected chi connectivity index (χ0v) is 40.5. The van der Waals surface area contributed by atoms with Gasteiger partial charge in [-0.3, -0.25) is 0 Å². The Morgan fingerprint density at radius 3 is 1.11 bits per heavy atom. The van der Waals surface area contributed by atoms with Crippen molar-refractivity contribution >= 4 is 51.2 Å². The Morgan fingerprint density at radius 1 is 0.366 bits per heavy atom. The summed E-state index contributed by atoms with van der Waals surface area (Å²) in [6, 6.07) is 88.1. The quantitative estimate of drug-likeness (QED) is 0.103. The van der Waals surface area contributed by atoms with Gasteiger partial charge < -0.3 is 20.0 Å². The van der Waals surface area contributed by atoms with Crippen LogP contribution in [-0.2, 0) is 0 Å². The molecule has 0 bridgehead atoms. The normalized spacial score (nSPS) is 12.4. The summed E-state index contributed by atoms with van der Waals surface area (Å²) >= 11 is 0. The summed E-state index contributed by atoms with van der Waals surface area (Å²) < 4.78 is 0. The van der Waals surface area contributed by atoms with Crippen LogP contribution < -0.4 is 20.0 Å². The molecule has 0 fully saturated rings. The van der Waals surface area contributed by atoms with Gasteiger partial charge in [0, 0.05) is 62.9 Å². The van der Waals surface area contributed by atoms with E-state index in [0.29, 0.717) is 0 Å². The third-order valence-corrected chi connectivity index (χ3v) is 12.3. The van der Waals surface area contributed by atoms with Crippen LogP contribution in [0.5, 0.6) is 0 Å². The molecule has 9 aromatic rings. The van der Waals surface area contributed by atoms with Gasteiger partial charge in [0.2, 0.25) is 0 Å². The van der Waals surface area contributed by atoms with Crippen LogP contribution in [0.15, 0.2) is 297 Å². The van der Waals surface area contributed by atoms with Crippen molar-refractivity contribution in [2.45, 2.75) is 32.7 Å². The molecule has 1 unspecified atom stereocenters. The molecular weight excluding hydrogens is 861 g/mol. The summed E-state index contributed by atoms with van der Waals surface area (Å²) in [5.74, 6) is 0. The standard InChI is InChI=1S/C42H34N2.C25H26N2/c1-5-13-33(14-6-1)34-21-23-35(24-22-34)36-25-27-40(28-26-36)44(39-19-11-4-12-20-39)42-31-29-41(30-32-42)43(37-15-7-2-8-16-37)38-17-9-3-10-18-38;1-3-4-7-12-21(2)26-22-17-19-25(20-18-22)27(23-13-8-5-9-14-23)24-15-10-6-11-16-24/h1-2,4-9,11-32H,3,10H2;3-21,26H,1-2H3/b;4-3-,12-7-. The zero-order chi connectivity index (χ0) is 48.5. The Bertz CT molecular complexity index is 3090. The molecule has 348 valence electrons. The predicted molar refractivity (Wildman–Crippen MR) is 305 cm³/mol. The van der Waals surface area contributed by atoms with Crippen LogP contribution in [-0.4, -0.2) is 6.04 Å². The minimum absolute atomic E-state index is 0.270. The van der Waals surface area contributed by atoms with Gasteiger partial charge in [0.15, 0.2) is 0 Å². The van der Waals surface area contributed by atoms with E-state index in [2.05, 4.69) is 294 Å². The number of nitrogens with zero attached hydrogens (tertiary/aromatic N) is 3. The number of hydrogen-bond acceptors (Lipinski definition) is 4. The molecule has 4 heteroatoms. The van der Waals surface area contributed by atoms with E-state index in [0.717, 1.165) is 64.0 Å². The van der Waals surface area contributed by atoms with Crippen molar-refractivity contribution < 1.29 is 0 Å². The van der Waals surface area contributed by atoms with Gasteiger partial charge in [-0.2, -0.15) is 0 Å². The van der Waals surface area contributed by atoms with Crippen molar-refractivity contribution in [2.75, 3.05) is 20.0 Å². The Kier molecular flexibility index (Phi) is 15.9. The average molecular weight is 921 g/mol. The first-order valence-corrected chi connectivity index (χ1v) is 24.6. The van der Waals surface area contributed by atoms with E-state index in [1.807, 2.05) is 31.2 Å². The van der Waals surface area contributed by atoms with Crippen molar-refractivity contribution in [1.82, 2.24) is 0 Å². The third kappa shape index (κ3) is 12.2. The molecule has 71 heavy (non-hydrogen) atoms. The SMILES string of the molecule is C/C=C\C=C/C(C)Nc1ccc(N(c2ccccc2)c2ccccc2)cc1.C1=CC(N(c2ccccc2)c2ccc(N(c3ccccc3)c3ccc(-c4ccc(-c5ccccc5)cc4)cc3)cc2)=CCC1. The van der Waals surface area contributed by atoms with E-state index in [1.165, 1.54) is 28.0 Å². The summed E-state index contributed by atoms with van der Waals surface area (Å²) in [4.78, 5) is 6.92. The molecule has 4 nitrogen and oxygen atoms in total. The van der Waals surface area contributed by atoms with Crippen molar-refractivity contribution in [3.8, 4) is 22.3 Å². The molecule has 1 N–H and O–H groups in total. The fraction of sp³-hybridized carbons (Fsp3) is 0.0746. The number of allylic oxidation sites excluding steroid dienone is 6. The van der Waals surface area contributed by atoms with E-state index in [4.69, 9.17) is 0 Å². The zero-order valence-electron chi connectivity index (χ0n) is 40.5. The van der Waals surface area contributed by atoms with E-state index < -0.39 is 0 Å². The lowest BCUT2D eigenvalue weighted by atomic mass is 10.00. The van der Waals surface area contributed by atoms with Gasteiger partial charge in [-0.15, -0.1) is 0 Å². The lowest BCUT2D eigenvalue weighted by Crippen LogP contribution is -2.16. The minimum Gasteiger partial charge on any atom is -0.379 e. The van der Waals surface area contributed by atoms with Crippen LogP contribution in [0.1, 0.15) is 26.7 Å². The maximum Gasteiger partial charge on any atom is 0.0463 e. The molecule has 10 rings (SSSR count). The van der Waals surface area contributed by atoms with Crippen molar-refractivity contribution in [3.05, 3.63) is 297 Å². The number of nitrogens with one attached hydrogen (secondary N) is 1. The van der Waals surface area contributed by atoms with Crippen molar-refractivity contribution in [3.63, 3.8) is 0 Å².